The van der Waals surface area contributed by atoms with Gasteiger partial charge in [-0.2, -0.15) is 4.31 Å². The molecule has 0 bridgehead atoms. The summed E-state index contributed by atoms with van der Waals surface area (Å²) in [6.45, 7) is 0.570. The molecule has 1 aromatic heterocycles. The van der Waals surface area contributed by atoms with Gasteiger partial charge in [0.15, 0.2) is 0 Å². The molecular formula is C29H34N4O4S. The van der Waals surface area contributed by atoms with Crippen molar-refractivity contribution in [1.29, 1.82) is 0 Å². The molecule has 2 N–H and O–H groups in total. The van der Waals surface area contributed by atoms with E-state index in [0.29, 0.717) is 31.2 Å². The minimum Gasteiger partial charge on any atom is -0.350 e. The van der Waals surface area contributed by atoms with E-state index >= 15 is 0 Å². The summed E-state index contributed by atoms with van der Waals surface area (Å²) in [5.41, 5.74) is 2.57. The summed E-state index contributed by atoms with van der Waals surface area (Å²) < 4.78 is 28.0. The van der Waals surface area contributed by atoms with Gasteiger partial charge in [0.25, 0.3) is 0 Å². The lowest BCUT2D eigenvalue weighted by molar-refractivity contribution is -0.131. The molecule has 9 heteroatoms. The second-order valence-electron chi connectivity index (χ2n) is 9.53. The lowest BCUT2D eigenvalue weighted by atomic mass is 10.0. The first-order valence-electron chi connectivity index (χ1n) is 13.0. The number of aryl methyl sites for hydroxylation is 1. The van der Waals surface area contributed by atoms with Gasteiger partial charge in [-0.15, -0.1) is 0 Å². The van der Waals surface area contributed by atoms with Crippen LogP contribution in [0.25, 0.3) is 0 Å². The summed E-state index contributed by atoms with van der Waals surface area (Å²) in [7, 11) is -3.72. The Balaban J connectivity index is 1.47. The fourth-order valence-electron chi connectivity index (χ4n) is 4.68. The molecule has 38 heavy (non-hydrogen) atoms. The van der Waals surface area contributed by atoms with E-state index in [1.54, 1.807) is 42.7 Å². The Kier molecular flexibility index (Phi) is 9.62. The highest BCUT2D eigenvalue weighted by molar-refractivity contribution is 7.88. The molecule has 3 aromatic rings. The summed E-state index contributed by atoms with van der Waals surface area (Å²) in [6, 6.07) is 20.7. The first-order chi connectivity index (χ1) is 18.4. The van der Waals surface area contributed by atoms with Gasteiger partial charge in [0, 0.05) is 25.5 Å². The summed E-state index contributed by atoms with van der Waals surface area (Å²) in [5.74, 6) is -0.913. The molecular weight excluding hydrogens is 500 g/mol. The number of nitrogens with zero attached hydrogens (tertiary/aromatic N) is 2. The Bertz CT molecular complexity index is 1290. The van der Waals surface area contributed by atoms with Crippen LogP contribution in [0.5, 0.6) is 0 Å². The molecule has 0 spiro atoms. The van der Waals surface area contributed by atoms with E-state index in [1.165, 1.54) is 4.31 Å². The number of carbonyl (C=O) groups excluding carboxylic acids is 2. The highest BCUT2D eigenvalue weighted by Crippen LogP contribution is 2.23. The number of piperidine rings is 1. The van der Waals surface area contributed by atoms with E-state index in [9.17, 15) is 18.0 Å². The molecule has 200 valence electrons. The third-order valence-corrected chi connectivity index (χ3v) is 8.54. The summed E-state index contributed by atoms with van der Waals surface area (Å²) >= 11 is 0. The summed E-state index contributed by atoms with van der Waals surface area (Å²) in [5, 5.41) is 5.78. The Morgan fingerprint density at radius 3 is 2.29 bits per heavy atom. The second kappa shape index (κ2) is 13.3. The molecule has 2 aromatic carbocycles. The summed E-state index contributed by atoms with van der Waals surface area (Å²) in [6.07, 6.45) is 6.18. The van der Waals surface area contributed by atoms with E-state index in [4.69, 9.17) is 0 Å². The highest BCUT2D eigenvalue weighted by Gasteiger charge is 2.38. The van der Waals surface area contributed by atoms with Crippen molar-refractivity contribution in [2.24, 2.45) is 0 Å². The molecule has 1 aliphatic rings. The number of sulfonamides is 1. The number of rotatable bonds is 11. The lowest BCUT2D eigenvalue weighted by Gasteiger charge is -2.34. The Hall–Kier alpha value is -3.56. The van der Waals surface area contributed by atoms with Crippen LogP contribution in [0.4, 0.5) is 0 Å². The van der Waals surface area contributed by atoms with E-state index < -0.39 is 28.0 Å². The molecule has 1 fully saturated rings. The van der Waals surface area contributed by atoms with E-state index in [0.717, 1.165) is 17.5 Å². The maximum atomic E-state index is 13.5. The first kappa shape index (κ1) is 27.5. The predicted molar refractivity (Wildman–Crippen MR) is 146 cm³/mol. The molecule has 8 nitrogen and oxygen atoms in total. The van der Waals surface area contributed by atoms with Crippen molar-refractivity contribution < 1.29 is 18.0 Å². The van der Waals surface area contributed by atoms with E-state index in [2.05, 4.69) is 15.6 Å². The number of aromatic nitrogens is 1. The minimum absolute atomic E-state index is 0.166. The fourth-order valence-corrected chi connectivity index (χ4v) is 6.45. The van der Waals surface area contributed by atoms with Crippen LogP contribution in [0.2, 0.25) is 0 Å². The zero-order valence-electron chi connectivity index (χ0n) is 21.3. The molecule has 2 amide bonds. The van der Waals surface area contributed by atoms with Crippen molar-refractivity contribution in [3.05, 3.63) is 102 Å². The van der Waals surface area contributed by atoms with Crippen LogP contribution in [0, 0.1) is 0 Å². The van der Waals surface area contributed by atoms with Gasteiger partial charge in [0.05, 0.1) is 5.75 Å². The second-order valence-corrected chi connectivity index (χ2v) is 11.5. The monoisotopic (exact) mass is 534 g/mol. The SMILES string of the molecule is O=C(NCc1cccnc1)C(CCc1ccccc1)NC(=O)C1CCCCN1S(=O)(=O)Cc1ccccc1. The molecule has 1 aliphatic heterocycles. The van der Waals surface area contributed by atoms with E-state index in [1.807, 2.05) is 42.5 Å². The molecule has 2 unspecified atom stereocenters. The van der Waals surface area contributed by atoms with Crippen molar-refractivity contribution in [1.82, 2.24) is 19.9 Å². The normalized spacial score (nSPS) is 16.9. The Labute approximate surface area is 224 Å². The average Bonchev–Trinajstić information content (AvgIpc) is 2.95. The fraction of sp³-hybridized carbons (Fsp3) is 0.345. The zero-order chi connectivity index (χ0) is 26.8. The topological polar surface area (TPSA) is 108 Å². The van der Waals surface area contributed by atoms with Crippen LogP contribution in [0.15, 0.2) is 85.2 Å². The van der Waals surface area contributed by atoms with Gasteiger partial charge in [-0.05, 0) is 48.4 Å². The molecule has 1 saturated heterocycles. The maximum absolute atomic E-state index is 13.5. The van der Waals surface area contributed by atoms with Crippen molar-refractivity contribution in [3.63, 3.8) is 0 Å². The van der Waals surface area contributed by atoms with Crippen LogP contribution in [-0.4, -0.2) is 48.1 Å². The standard InChI is InChI=1S/C29H34N4O4S/c34-28(31-21-25-14-9-18-30-20-25)26(17-16-23-10-3-1-4-11-23)32-29(35)27-15-7-8-19-33(27)38(36,37)22-24-12-5-2-6-13-24/h1-6,9-14,18,20,26-27H,7-8,15-17,19,21-22H2,(H,31,34)(H,32,35). The van der Waals surface area contributed by atoms with Gasteiger partial charge in [0.1, 0.15) is 12.1 Å². The Morgan fingerprint density at radius 1 is 0.921 bits per heavy atom. The number of amides is 2. The Morgan fingerprint density at radius 2 is 1.61 bits per heavy atom. The van der Waals surface area contributed by atoms with E-state index in [-0.39, 0.29) is 24.7 Å². The largest absolute Gasteiger partial charge is 0.350 e. The molecule has 4 rings (SSSR count). The van der Waals surface area contributed by atoms with Crippen LogP contribution >= 0.6 is 0 Å². The van der Waals surface area contributed by atoms with Crippen molar-refractivity contribution in [3.8, 4) is 0 Å². The van der Waals surface area contributed by atoms with Gasteiger partial charge >= 0.3 is 0 Å². The number of carbonyl (C=O) groups is 2. The quantitative estimate of drug-likeness (QED) is 0.393. The van der Waals surface area contributed by atoms with Gasteiger partial charge in [-0.3, -0.25) is 14.6 Å². The molecule has 0 aliphatic carbocycles. The third kappa shape index (κ3) is 7.72. The average molecular weight is 535 g/mol. The highest BCUT2D eigenvalue weighted by atomic mass is 32.2. The molecule has 0 saturated carbocycles. The van der Waals surface area contributed by atoms with Crippen LogP contribution < -0.4 is 10.6 Å². The number of hydrogen-bond donors (Lipinski definition) is 2. The minimum atomic E-state index is -3.72. The smallest absolute Gasteiger partial charge is 0.242 e. The van der Waals surface area contributed by atoms with Gasteiger partial charge in [0.2, 0.25) is 21.8 Å². The van der Waals surface area contributed by atoms with Crippen LogP contribution in [0.3, 0.4) is 0 Å². The van der Waals surface area contributed by atoms with Crippen molar-refractivity contribution in [2.45, 2.75) is 56.5 Å². The van der Waals surface area contributed by atoms with Crippen molar-refractivity contribution >= 4 is 21.8 Å². The molecule has 2 heterocycles. The van der Waals surface area contributed by atoms with Crippen LogP contribution in [0.1, 0.15) is 42.4 Å². The first-order valence-corrected chi connectivity index (χ1v) is 14.6. The number of nitrogens with one attached hydrogen (secondary N) is 2. The van der Waals surface area contributed by atoms with Gasteiger partial charge in [-0.25, -0.2) is 8.42 Å². The number of benzene rings is 2. The van der Waals surface area contributed by atoms with Crippen LogP contribution in [-0.2, 0) is 38.3 Å². The number of pyridine rings is 1. The number of hydrogen-bond acceptors (Lipinski definition) is 5. The summed E-state index contributed by atoms with van der Waals surface area (Å²) in [4.78, 5) is 30.8. The zero-order valence-corrected chi connectivity index (χ0v) is 22.1. The lowest BCUT2D eigenvalue weighted by Crippen LogP contribution is -2.56. The molecule has 0 radical (unpaired) electrons. The van der Waals surface area contributed by atoms with Crippen molar-refractivity contribution in [2.75, 3.05) is 6.54 Å². The van der Waals surface area contributed by atoms with Gasteiger partial charge in [-0.1, -0.05) is 73.2 Å². The predicted octanol–water partition coefficient (Wildman–Crippen LogP) is 3.20. The third-order valence-electron chi connectivity index (χ3n) is 6.69. The molecule has 2 atom stereocenters. The van der Waals surface area contributed by atoms with Gasteiger partial charge < -0.3 is 10.6 Å². The maximum Gasteiger partial charge on any atom is 0.242 e.